The van der Waals surface area contributed by atoms with Gasteiger partial charge in [-0.2, -0.15) is 4.98 Å². The molecular formula is C21H23N7O. The minimum atomic E-state index is 0.438. The lowest BCUT2D eigenvalue weighted by molar-refractivity contribution is -0.131. The van der Waals surface area contributed by atoms with Gasteiger partial charge in [0.25, 0.3) is 0 Å². The average molecular weight is 389 g/mol. The van der Waals surface area contributed by atoms with Crippen LogP contribution in [0.15, 0.2) is 30.6 Å². The number of fused-ring (bicyclic) bond motifs is 2. The SMILES string of the molecule is Cn1nnc2ccc(-c3c[nH]c4nc(NC5CCC6(CC5)COC6)ncc34)cc21. The zero-order valence-corrected chi connectivity index (χ0v) is 16.4. The Morgan fingerprint density at radius 3 is 2.90 bits per heavy atom. The van der Waals surface area contributed by atoms with Gasteiger partial charge in [-0.3, -0.25) is 0 Å². The molecule has 2 aliphatic rings. The second-order valence-electron chi connectivity index (χ2n) is 8.49. The number of benzene rings is 1. The van der Waals surface area contributed by atoms with Gasteiger partial charge in [0.05, 0.1) is 18.7 Å². The highest BCUT2D eigenvalue weighted by atomic mass is 16.5. The maximum absolute atomic E-state index is 5.42. The van der Waals surface area contributed by atoms with Crippen LogP contribution in [-0.4, -0.2) is 49.2 Å². The summed E-state index contributed by atoms with van der Waals surface area (Å²) in [7, 11) is 1.90. The van der Waals surface area contributed by atoms with E-state index < -0.39 is 0 Å². The largest absolute Gasteiger partial charge is 0.380 e. The maximum Gasteiger partial charge on any atom is 0.224 e. The van der Waals surface area contributed by atoms with Crippen LogP contribution in [-0.2, 0) is 11.8 Å². The normalized spacial score (nSPS) is 19.1. The molecule has 0 radical (unpaired) electrons. The Kier molecular flexibility index (Phi) is 3.64. The van der Waals surface area contributed by atoms with Gasteiger partial charge in [-0.05, 0) is 43.4 Å². The lowest BCUT2D eigenvalue weighted by Gasteiger charge is -2.46. The standard InChI is InChI=1S/C21H23N7O/c1-28-18-8-13(2-3-17(18)26-27-28)15-9-22-19-16(15)10-23-20(25-19)24-14-4-6-21(7-5-14)11-29-12-21/h2-3,8-10,14H,4-7,11-12H2,1H3,(H2,22,23,24,25). The number of nitrogens with zero attached hydrogens (tertiary/aromatic N) is 5. The van der Waals surface area contributed by atoms with Gasteiger partial charge in [-0.15, -0.1) is 5.10 Å². The molecule has 8 nitrogen and oxygen atoms in total. The number of rotatable bonds is 3. The van der Waals surface area contributed by atoms with Crippen LogP contribution in [0.4, 0.5) is 5.95 Å². The van der Waals surface area contributed by atoms with Crippen LogP contribution in [0.1, 0.15) is 25.7 Å². The van der Waals surface area contributed by atoms with E-state index in [0.717, 1.165) is 59.2 Å². The summed E-state index contributed by atoms with van der Waals surface area (Å²) in [5.41, 5.74) is 5.38. The van der Waals surface area contributed by atoms with Gasteiger partial charge in [0.15, 0.2) is 0 Å². The van der Waals surface area contributed by atoms with Gasteiger partial charge in [0.1, 0.15) is 11.2 Å². The first-order valence-corrected chi connectivity index (χ1v) is 10.2. The molecule has 4 aromatic rings. The van der Waals surface area contributed by atoms with Crippen LogP contribution in [0.2, 0.25) is 0 Å². The summed E-state index contributed by atoms with van der Waals surface area (Å²) >= 11 is 0. The number of aryl methyl sites for hydroxylation is 1. The fourth-order valence-electron chi connectivity index (χ4n) is 4.65. The molecule has 1 saturated heterocycles. The topological polar surface area (TPSA) is 93.5 Å². The Labute approximate surface area is 167 Å². The molecule has 0 unspecified atom stereocenters. The predicted molar refractivity (Wildman–Crippen MR) is 111 cm³/mol. The van der Waals surface area contributed by atoms with E-state index in [-0.39, 0.29) is 0 Å². The number of ether oxygens (including phenoxy) is 1. The number of H-pyrrole nitrogens is 1. The predicted octanol–water partition coefficient (Wildman–Crippen LogP) is 3.28. The minimum Gasteiger partial charge on any atom is -0.380 e. The molecule has 2 N–H and O–H groups in total. The molecule has 2 fully saturated rings. The maximum atomic E-state index is 5.42. The summed E-state index contributed by atoms with van der Waals surface area (Å²) in [5, 5.41) is 12.8. The first-order valence-electron chi connectivity index (χ1n) is 10.2. The van der Waals surface area contributed by atoms with Crippen LogP contribution in [0.3, 0.4) is 0 Å². The van der Waals surface area contributed by atoms with Crippen LogP contribution < -0.4 is 5.32 Å². The smallest absolute Gasteiger partial charge is 0.224 e. The average Bonchev–Trinajstić information content (AvgIpc) is 3.30. The highest BCUT2D eigenvalue weighted by molar-refractivity contribution is 5.95. The van der Waals surface area contributed by atoms with E-state index in [1.165, 1.54) is 12.8 Å². The summed E-state index contributed by atoms with van der Waals surface area (Å²) in [5.74, 6) is 0.697. The van der Waals surface area contributed by atoms with Crippen molar-refractivity contribution in [1.82, 2.24) is 29.9 Å². The summed E-state index contributed by atoms with van der Waals surface area (Å²) in [4.78, 5) is 12.6. The second kappa shape index (κ2) is 6.25. The van der Waals surface area contributed by atoms with Crippen molar-refractivity contribution in [2.24, 2.45) is 12.5 Å². The van der Waals surface area contributed by atoms with Gasteiger partial charge < -0.3 is 15.0 Å². The highest BCUT2D eigenvalue weighted by Gasteiger charge is 2.41. The van der Waals surface area contributed by atoms with Crippen molar-refractivity contribution < 1.29 is 4.74 Å². The monoisotopic (exact) mass is 389 g/mol. The molecule has 1 aliphatic heterocycles. The Balaban J connectivity index is 1.25. The molecule has 148 valence electrons. The van der Waals surface area contributed by atoms with Crippen molar-refractivity contribution in [1.29, 1.82) is 0 Å². The van der Waals surface area contributed by atoms with Crippen molar-refractivity contribution in [2.45, 2.75) is 31.7 Å². The van der Waals surface area contributed by atoms with E-state index in [0.29, 0.717) is 17.4 Å². The molecule has 8 heteroatoms. The fourth-order valence-corrected chi connectivity index (χ4v) is 4.65. The minimum absolute atomic E-state index is 0.438. The van der Waals surface area contributed by atoms with Crippen LogP contribution in [0, 0.1) is 5.41 Å². The van der Waals surface area contributed by atoms with Crippen LogP contribution in [0.25, 0.3) is 33.2 Å². The Bertz CT molecular complexity index is 1200. The fraction of sp³-hybridized carbons (Fsp3) is 0.429. The number of aromatic amines is 1. The molecule has 1 spiro atoms. The van der Waals surface area contributed by atoms with Gasteiger partial charge in [-0.1, -0.05) is 11.3 Å². The summed E-state index contributed by atoms with van der Waals surface area (Å²) < 4.78 is 7.21. The number of aromatic nitrogens is 6. The van der Waals surface area contributed by atoms with Crippen LogP contribution in [0.5, 0.6) is 0 Å². The Morgan fingerprint density at radius 2 is 2.10 bits per heavy atom. The Hall–Kier alpha value is -3.00. The first-order chi connectivity index (χ1) is 14.2. The van der Waals surface area contributed by atoms with Gasteiger partial charge in [0, 0.05) is 41.8 Å². The number of hydrogen-bond donors (Lipinski definition) is 2. The van der Waals surface area contributed by atoms with Gasteiger partial charge in [-0.25, -0.2) is 9.67 Å². The van der Waals surface area contributed by atoms with E-state index in [2.05, 4.69) is 37.7 Å². The molecule has 0 atom stereocenters. The lowest BCUT2D eigenvalue weighted by Crippen LogP contribution is -2.47. The third-order valence-corrected chi connectivity index (χ3v) is 6.55. The number of hydrogen-bond acceptors (Lipinski definition) is 6. The van der Waals surface area contributed by atoms with Gasteiger partial charge >= 0.3 is 0 Å². The van der Waals surface area contributed by atoms with Crippen molar-refractivity contribution in [3.05, 3.63) is 30.6 Å². The molecule has 4 heterocycles. The van der Waals surface area contributed by atoms with Crippen molar-refractivity contribution in [3.63, 3.8) is 0 Å². The van der Waals surface area contributed by atoms with E-state index in [4.69, 9.17) is 9.72 Å². The molecule has 0 bridgehead atoms. The summed E-state index contributed by atoms with van der Waals surface area (Å²) in [6.07, 6.45) is 8.66. The van der Waals surface area contributed by atoms with Crippen molar-refractivity contribution in [3.8, 4) is 11.1 Å². The summed E-state index contributed by atoms with van der Waals surface area (Å²) in [6, 6.07) is 6.60. The van der Waals surface area contributed by atoms with Crippen molar-refractivity contribution in [2.75, 3.05) is 18.5 Å². The molecule has 1 aromatic carbocycles. The third kappa shape index (κ3) is 2.78. The highest BCUT2D eigenvalue weighted by Crippen LogP contribution is 2.42. The zero-order chi connectivity index (χ0) is 19.4. The quantitative estimate of drug-likeness (QED) is 0.559. The molecular weight excluding hydrogens is 366 g/mol. The lowest BCUT2D eigenvalue weighted by atomic mass is 9.71. The van der Waals surface area contributed by atoms with Gasteiger partial charge in [0.2, 0.25) is 5.95 Å². The first kappa shape index (κ1) is 16.9. The zero-order valence-electron chi connectivity index (χ0n) is 16.4. The summed E-state index contributed by atoms with van der Waals surface area (Å²) in [6.45, 7) is 1.88. The van der Waals surface area contributed by atoms with E-state index >= 15 is 0 Å². The van der Waals surface area contributed by atoms with E-state index in [1.807, 2.05) is 25.5 Å². The molecule has 3 aromatic heterocycles. The van der Waals surface area contributed by atoms with E-state index in [1.54, 1.807) is 4.68 Å². The Morgan fingerprint density at radius 1 is 1.24 bits per heavy atom. The number of nitrogens with one attached hydrogen (secondary N) is 2. The molecule has 29 heavy (non-hydrogen) atoms. The van der Waals surface area contributed by atoms with Crippen LogP contribution >= 0.6 is 0 Å². The van der Waals surface area contributed by atoms with E-state index in [9.17, 15) is 0 Å². The molecule has 1 saturated carbocycles. The molecule has 1 aliphatic carbocycles. The molecule has 0 amide bonds. The molecule has 6 rings (SSSR count). The van der Waals surface area contributed by atoms with Crippen molar-refractivity contribution >= 4 is 28.0 Å². The second-order valence-corrected chi connectivity index (χ2v) is 8.49. The number of anilines is 1. The third-order valence-electron chi connectivity index (χ3n) is 6.55.